The van der Waals surface area contributed by atoms with Crippen molar-refractivity contribution >= 4 is 10.9 Å². The number of benzene rings is 1. The monoisotopic (exact) mass is 272 g/mol. The van der Waals surface area contributed by atoms with E-state index < -0.39 is 0 Å². The Hall–Kier alpha value is -1.36. The van der Waals surface area contributed by atoms with Crippen LogP contribution in [0.5, 0.6) is 0 Å². The van der Waals surface area contributed by atoms with Crippen molar-refractivity contribution in [1.29, 1.82) is 0 Å². The number of aromatic amines is 1. The van der Waals surface area contributed by atoms with E-state index in [9.17, 15) is 0 Å². The molecule has 2 atom stereocenters. The Kier molecular flexibility index (Phi) is 4.05. The van der Waals surface area contributed by atoms with Crippen molar-refractivity contribution in [3.8, 4) is 0 Å². The molecule has 0 radical (unpaired) electrons. The molecule has 0 amide bonds. The maximum atomic E-state index is 4.90. The lowest BCUT2D eigenvalue weighted by Gasteiger charge is -2.36. The van der Waals surface area contributed by atoms with E-state index in [2.05, 4.69) is 34.7 Å². The Morgan fingerprint density at radius 3 is 2.85 bits per heavy atom. The fourth-order valence-corrected chi connectivity index (χ4v) is 3.53. The number of H-pyrrole nitrogens is 1. The highest BCUT2D eigenvalue weighted by Crippen LogP contribution is 2.40. The molecule has 0 spiro atoms. The number of fused-ring (bicyclic) bond motifs is 2. The summed E-state index contributed by atoms with van der Waals surface area (Å²) in [5.41, 5.74) is 14.2. The summed E-state index contributed by atoms with van der Waals surface area (Å²) < 4.78 is 0. The van der Waals surface area contributed by atoms with E-state index in [1.807, 2.05) is 0 Å². The van der Waals surface area contributed by atoms with Gasteiger partial charge in [-0.3, -0.25) is 0 Å². The first kappa shape index (κ1) is 13.6. The van der Waals surface area contributed by atoms with E-state index in [0.29, 0.717) is 19.1 Å². The van der Waals surface area contributed by atoms with Crippen LogP contribution < -0.4 is 16.8 Å². The topological polar surface area (TPSA) is 79.9 Å². The molecule has 1 saturated heterocycles. The molecular weight excluding hydrogens is 248 g/mol. The quantitative estimate of drug-likeness (QED) is 0.634. The summed E-state index contributed by atoms with van der Waals surface area (Å²) in [4.78, 5) is 3.40. The summed E-state index contributed by atoms with van der Waals surface area (Å²) in [7, 11) is 0. The molecule has 1 fully saturated rings. The lowest BCUT2D eigenvalue weighted by Crippen LogP contribution is -2.43. The highest BCUT2D eigenvalue weighted by molar-refractivity contribution is 5.88. The van der Waals surface area contributed by atoms with Crippen LogP contribution in [0.15, 0.2) is 24.4 Å². The van der Waals surface area contributed by atoms with Gasteiger partial charge >= 0.3 is 0 Å². The predicted octanol–water partition coefficient (Wildman–Crippen LogP) is 1.46. The first-order chi connectivity index (χ1) is 9.85. The summed E-state index contributed by atoms with van der Waals surface area (Å²) in [6.07, 6.45) is 6.06. The van der Waals surface area contributed by atoms with Gasteiger partial charge in [0.2, 0.25) is 0 Å². The van der Waals surface area contributed by atoms with Gasteiger partial charge in [0.05, 0.1) is 0 Å². The van der Waals surface area contributed by atoms with Crippen molar-refractivity contribution in [3.63, 3.8) is 0 Å². The van der Waals surface area contributed by atoms with Crippen molar-refractivity contribution in [2.45, 2.75) is 31.2 Å². The summed E-state index contributed by atoms with van der Waals surface area (Å²) in [5, 5.41) is 5.19. The lowest BCUT2D eigenvalue weighted by atomic mass is 9.76. The van der Waals surface area contributed by atoms with Crippen LogP contribution in [0.4, 0.5) is 0 Å². The smallest absolute Gasteiger partial charge is 0.0459 e. The van der Waals surface area contributed by atoms with E-state index in [1.54, 1.807) is 5.56 Å². The summed E-state index contributed by atoms with van der Waals surface area (Å²) >= 11 is 0. The second-order valence-electron chi connectivity index (χ2n) is 5.67. The molecule has 4 rings (SSSR count). The van der Waals surface area contributed by atoms with Gasteiger partial charge in [0.1, 0.15) is 0 Å². The second-order valence-corrected chi connectivity index (χ2v) is 5.67. The van der Waals surface area contributed by atoms with Gasteiger partial charge in [-0.2, -0.15) is 0 Å². The Bertz CT molecular complexity index is 573. The number of nitrogens with two attached hydrogens (primary N) is 2. The number of rotatable bonds is 1. The normalized spacial score (nSPS) is 23.9. The van der Waals surface area contributed by atoms with Crippen molar-refractivity contribution in [2.24, 2.45) is 11.5 Å². The van der Waals surface area contributed by atoms with Gasteiger partial charge in [-0.05, 0) is 43.0 Å². The Morgan fingerprint density at radius 1 is 1.20 bits per heavy atom. The van der Waals surface area contributed by atoms with E-state index in [0.717, 1.165) is 5.92 Å². The summed E-state index contributed by atoms with van der Waals surface area (Å²) in [5.74, 6) is 0.737. The maximum absolute atomic E-state index is 4.90. The average Bonchev–Trinajstić information content (AvgIpc) is 2.92. The molecule has 2 aromatic rings. The van der Waals surface area contributed by atoms with Gasteiger partial charge in [0.15, 0.2) is 0 Å². The molecule has 1 aromatic carbocycles. The van der Waals surface area contributed by atoms with Crippen LogP contribution in [0.25, 0.3) is 10.9 Å². The molecule has 108 valence electrons. The Balaban J connectivity index is 0.000000272. The highest BCUT2D eigenvalue weighted by Gasteiger charge is 2.32. The van der Waals surface area contributed by atoms with Crippen molar-refractivity contribution in [3.05, 3.63) is 35.5 Å². The van der Waals surface area contributed by atoms with Crippen LogP contribution in [-0.2, 0) is 6.42 Å². The molecule has 2 heterocycles. The molecule has 0 bridgehead atoms. The predicted molar refractivity (Wildman–Crippen MR) is 83.9 cm³/mol. The van der Waals surface area contributed by atoms with Gasteiger partial charge in [-0.1, -0.05) is 12.1 Å². The fourth-order valence-electron chi connectivity index (χ4n) is 3.53. The van der Waals surface area contributed by atoms with E-state index in [-0.39, 0.29) is 0 Å². The highest BCUT2D eigenvalue weighted by atomic mass is 14.9. The SMILES string of the molecule is NCCN.c1cc2c3c(c[nH]c3c1)C[C@H]1NCCC[C@H]21. The molecule has 6 N–H and O–H groups in total. The van der Waals surface area contributed by atoms with Gasteiger partial charge < -0.3 is 21.8 Å². The number of piperidine rings is 1. The van der Waals surface area contributed by atoms with Crippen LogP contribution in [-0.4, -0.2) is 30.7 Å². The standard InChI is InChI=1S/C14H16N2.C2H8N2/c1-3-11-10-4-2-6-15-13(10)7-9-8-16-12(5-1)14(9)11;3-1-2-4/h1,3,5,8,10,13,15-16H,2,4,6-7H2;1-4H2/t10-,13-;/m1./s1. The zero-order chi connectivity index (χ0) is 13.9. The second kappa shape index (κ2) is 5.95. The summed E-state index contributed by atoms with van der Waals surface area (Å²) in [6, 6.07) is 7.37. The zero-order valence-corrected chi connectivity index (χ0v) is 11.9. The molecular formula is C16H24N4. The Labute approximate surface area is 119 Å². The number of aromatic nitrogens is 1. The van der Waals surface area contributed by atoms with E-state index in [4.69, 9.17) is 11.5 Å². The van der Waals surface area contributed by atoms with Gasteiger partial charge in [-0.15, -0.1) is 0 Å². The molecule has 0 saturated carbocycles. The van der Waals surface area contributed by atoms with Crippen LogP contribution >= 0.6 is 0 Å². The van der Waals surface area contributed by atoms with Gasteiger partial charge in [0.25, 0.3) is 0 Å². The first-order valence-electron chi connectivity index (χ1n) is 7.57. The van der Waals surface area contributed by atoms with Crippen molar-refractivity contribution in [1.82, 2.24) is 10.3 Å². The first-order valence-corrected chi connectivity index (χ1v) is 7.57. The molecule has 2 aliphatic rings. The molecule has 20 heavy (non-hydrogen) atoms. The van der Waals surface area contributed by atoms with Crippen molar-refractivity contribution in [2.75, 3.05) is 19.6 Å². The number of hydrogen-bond donors (Lipinski definition) is 4. The molecule has 0 unspecified atom stereocenters. The average molecular weight is 272 g/mol. The molecule has 4 heteroatoms. The van der Waals surface area contributed by atoms with Crippen molar-refractivity contribution < 1.29 is 0 Å². The summed E-state index contributed by atoms with van der Waals surface area (Å²) in [6.45, 7) is 2.39. The molecule has 1 aliphatic heterocycles. The largest absolute Gasteiger partial charge is 0.361 e. The van der Waals surface area contributed by atoms with Crippen LogP contribution in [0.3, 0.4) is 0 Å². The third-order valence-corrected chi connectivity index (χ3v) is 4.41. The third kappa shape index (κ3) is 2.35. The lowest BCUT2D eigenvalue weighted by molar-refractivity contribution is 0.345. The molecule has 4 nitrogen and oxygen atoms in total. The third-order valence-electron chi connectivity index (χ3n) is 4.41. The number of hydrogen-bond acceptors (Lipinski definition) is 3. The van der Waals surface area contributed by atoms with Gasteiger partial charge in [0, 0.05) is 42.1 Å². The number of nitrogens with one attached hydrogen (secondary N) is 2. The minimum Gasteiger partial charge on any atom is -0.361 e. The van der Waals surface area contributed by atoms with Gasteiger partial charge in [-0.25, -0.2) is 0 Å². The van der Waals surface area contributed by atoms with E-state index >= 15 is 0 Å². The van der Waals surface area contributed by atoms with Crippen LogP contribution in [0.2, 0.25) is 0 Å². The van der Waals surface area contributed by atoms with Crippen LogP contribution in [0, 0.1) is 0 Å². The van der Waals surface area contributed by atoms with E-state index in [1.165, 1.54) is 42.3 Å². The molecule has 1 aromatic heterocycles. The fraction of sp³-hybridized carbons (Fsp3) is 0.500. The van der Waals surface area contributed by atoms with Crippen LogP contribution in [0.1, 0.15) is 29.9 Å². The Morgan fingerprint density at radius 2 is 2.05 bits per heavy atom. The zero-order valence-electron chi connectivity index (χ0n) is 11.9. The minimum absolute atomic E-state index is 0.597. The molecule has 1 aliphatic carbocycles. The minimum atomic E-state index is 0.597. The maximum Gasteiger partial charge on any atom is 0.0459 e.